The molecule has 0 bridgehead atoms. The van der Waals surface area contributed by atoms with Gasteiger partial charge in [0.15, 0.2) is 0 Å². The predicted molar refractivity (Wildman–Crippen MR) is 58.4 cm³/mol. The van der Waals surface area contributed by atoms with Gasteiger partial charge in [-0.05, 0) is 30.5 Å². The van der Waals surface area contributed by atoms with Crippen LogP contribution in [-0.2, 0) is 0 Å². The van der Waals surface area contributed by atoms with E-state index in [2.05, 4.69) is 19.9 Å². The number of ether oxygens (including phenoxy) is 2. The molecule has 0 saturated heterocycles. The van der Waals surface area contributed by atoms with Gasteiger partial charge in [0.2, 0.25) is 0 Å². The Morgan fingerprint density at radius 3 is 2.00 bits per heavy atom. The van der Waals surface area contributed by atoms with Crippen molar-refractivity contribution in [2.45, 2.75) is 26.7 Å². The summed E-state index contributed by atoms with van der Waals surface area (Å²) in [6.07, 6.45) is 0. The lowest BCUT2D eigenvalue weighted by atomic mass is 10.00. The first-order valence-corrected chi connectivity index (χ1v) is 4.82. The standard InChI is InChI=1S/C12H18O2/c1-8(2)10-7-11(13-4)9(3)6-12(10)14-5/h6-8H,1-5H3. The van der Waals surface area contributed by atoms with Crippen molar-refractivity contribution in [2.75, 3.05) is 14.2 Å². The van der Waals surface area contributed by atoms with Crippen LogP contribution in [-0.4, -0.2) is 14.2 Å². The molecule has 1 rings (SSSR count). The Balaban J connectivity index is 3.25. The Hall–Kier alpha value is -1.18. The van der Waals surface area contributed by atoms with Crippen LogP contribution in [0.4, 0.5) is 0 Å². The van der Waals surface area contributed by atoms with Gasteiger partial charge in [0, 0.05) is 5.56 Å². The van der Waals surface area contributed by atoms with E-state index in [9.17, 15) is 0 Å². The summed E-state index contributed by atoms with van der Waals surface area (Å²) >= 11 is 0. The van der Waals surface area contributed by atoms with Crippen LogP contribution in [0.1, 0.15) is 30.9 Å². The molecule has 0 heterocycles. The van der Waals surface area contributed by atoms with Gasteiger partial charge in [0.05, 0.1) is 14.2 Å². The lowest BCUT2D eigenvalue weighted by Gasteiger charge is -2.15. The molecule has 0 aliphatic rings. The van der Waals surface area contributed by atoms with Gasteiger partial charge >= 0.3 is 0 Å². The third-order valence-electron chi connectivity index (χ3n) is 2.37. The number of hydrogen-bond acceptors (Lipinski definition) is 2. The largest absolute Gasteiger partial charge is 0.496 e. The van der Waals surface area contributed by atoms with E-state index in [-0.39, 0.29) is 0 Å². The van der Waals surface area contributed by atoms with Crippen molar-refractivity contribution in [1.82, 2.24) is 0 Å². The number of aryl methyl sites for hydroxylation is 1. The van der Waals surface area contributed by atoms with Crippen molar-refractivity contribution in [1.29, 1.82) is 0 Å². The molecule has 0 radical (unpaired) electrons. The average Bonchev–Trinajstić information content (AvgIpc) is 2.16. The molecule has 0 atom stereocenters. The van der Waals surface area contributed by atoms with Gasteiger partial charge in [-0.25, -0.2) is 0 Å². The highest BCUT2D eigenvalue weighted by Gasteiger charge is 2.10. The Morgan fingerprint density at radius 2 is 1.57 bits per heavy atom. The molecule has 0 spiro atoms. The maximum atomic E-state index is 5.33. The quantitative estimate of drug-likeness (QED) is 0.736. The summed E-state index contributed by atoms with van der Waals surface area (Å²) in [5, 5.41) is 0. The first-order valence-electron chi connectivity index (χ1n) is 4.82. The third kappa shape index (κ3) is 2.00. The number of rotatable bonds is 3. The highest BCUT2D eigenvalue weighted by Crippen LogP contribution is 2.32. The molecule has 0 aliphatic heterocycles. The SMILES string of the molecule is COc1cc(C(C)C)c(OC)cc1C. The molecule has 0 aromatic heterocycles. The second-order valence-corrected chi connectivity index (χ2v) is 3.72. The van der Waals surface area contributed by atoms with Gasteiger partial charge in [0.1, 0.15) is 11.5 Å². The fourth-order valence-electron chi connectivity index (χ4n) is 1.53. The normalized spacial score (nSPS) is 10.4. The zero-order valence-corrected chi connectivity index (χ0v) is 9.55. The molecule has 1 aromatic rings. The highest BCUT2D eigenvalue weighted by molar-refractivity contribution is 5.47. The topological polar surface area (TPSA) is 18.5 Å². The fraction of sp³-hybridized carbons (Fsp3) is 0.500. The lowest BCUT2D eigenvalue weighted by Crippen LogP contribution is -1.97. The average molecular weight is 194 g/mol. The van der Waals surface area contributed by atoms with Crippen molar-refractivity contribution < 1.29 is 9.47 Å². The van der Waals surface area contributed by atoms with Crippen molar-refractivity contribution >= 4 is 0 Å². The number of methoxy groups -OCH3 is 2. The third-order valence-corrected chi connectivity index (χ3v) is 2.37. The highest BCUT2D eigenvalue weighted by atomic mass is 16.5. The Labute approximate surface area is 85.8 Å². The van der Waals surface area contributed by atoms with Gasteiger partial charge < -0.3 is 9.47 Å². The summed E-state index contributed by atoms with van der Waals surface area (Å²) in [5.41, 5.74) is 2.30. The number of hydrogen-bond donors (Lipinski definition) is 0. The maximum absolute atomic E-state index is 5.33. The Bertz CT molecular complexity index is 316. The van der Waals surface area contributed by atoms with E-state index in [1.807, 2.05) is 13.0 Å². The summed E-state index contributed by atoms with van der Waals surface area (Å²) in [6.45, 7) is 6.31. The molecule has 0 saturated carbocycles. The molecule has 1 aromatic carbocycles. The van der Waals surface area contributed by atoms with Crippen molar-refractivity contribution in [3.8, 4) is 11.5 Å². The maximum Gasteiger partial charge on any atom is 0.122 e. The van der Waals surface area contributed by atoms with E-state index < -0.39 is 0 Å². The van der Waals surface area contributed by atoms with Crippen molar-refractivity contribution in [3.05, 3.63) is 23.3 Å². The monoisotopic (exact) mass is 194 g/mol. The zero-order chi connectivity index (χ0) is 10.7. The van der Waals surface area contributed by atoms with E-state index in [1.54, 1.807) is 14.2 Å². The van der Waals surface area contributed by atoms with E-state index in [4.69, 9.17) is 9.47 Å². The molecule has 0 unspecified atom stereocenters. The van der Waals surface area contributed by atoms with E-state index in [0.717, 1.165) is 17.1 Å². The molecule has 0 amide bonds. The second kappa shape index (κ2) is 4.36. The van der Waals surface area contributed by atoms with Crippen molar-refractivity contribution in [3.63, 3.8) is 0 Å². The van der Waals surface area contributed by atoms with Gasteiger partial charge in [-0.2, -0.15) is 0 Å². The predicted octanol–water partition coefficient (Wildman–Crippen LogP) is 3.14. The van der Waals surface area contributed by atoms with Gasteiger partial charge in [-0.3, -0.25) is 0 Å². The Kier molecular flexibility index (Phi) is 3.39. The van der Waals surface area contributed by atoms with E-state index in [0.29, 0.717) is 5.92 Å². The van der Waals surface area contributed by atoms with Crippen LogP contribution in [0.15, 0.2) is 12.1 Å². The summed E-state index contributed by atoms with van der Waals surface area (Å²) in [6, 6.07) is 4.08. The fourth-order valence-corrected chi connectivity index (χ4v) is 1.53. The van der Waals surface area contributed by atoms with Gasteiger partial charge in [-0.1, -0.05) is 13.8 Å². The van der Waals surface area contributed by atoms with Gasteiger partial charge in [0.25, 0.3) is 0 Å². The van der Waals surface area contributed by atoms with Crippen LogP contribution in [0, 0.1) is 6.92 Å². The van der Waals surface area contributed by atoms with Crippen LogP contribution in [0.5, 0.6) is 11.5 Å². The smallest absolute Gasteiger partial charge is 0.122 e. The zero-order valence-electron chi connectivity index (χ0n) is 9.55. The molecule has 0 N–H and O–H groups in total. The molecule has 2 nitrogen and oxygen atoms in total. The second-order valence-electron chi connectivity index (χ2n) is 3.72. The molecule has 0 aliphatic carbocycles. The molecule has 2 heteroatoms. The molecule has 78 valence electrons. The van der Waals surface area contributed by atoms with Crippen LogP contribution < -0.4 is 9.47 Å². The molecule has 0 fully saturated rings. The number of benzene rings is 1. The van der Waals surface area contributed by atoms with Crippen LogP contribution in [0.2, 0.25) is 0 Å². The first kappa shape index (κ1) is 10.9. The summed E-state index contributed by atoms with van der Waals surface area (Å²) in [5.74, 6) is 2.31. The van der Waals surface area contributed by atoms with Crippen LogP contribution in [0.3, 0.4) is 0 Å². The minimum Gasteiger partial charge on any atom is -0.496 e. The minimum absolute atomic E-state index is 0.444. The van der Waals surface area contributed by atoms with Crippen molar-refractivity contribution in [2.24, 2.45) is 0 Å². The molecular formula is C12H18O2. The minimum atomic E-state index is 0.444. The van der Waals surface area contributed by atoms with E-state index >= 15 is 0 Å². The Morgan fingerprint density at radius 1 is 1.00 bits per heavy atom. The van der Waals surface area contributed by atoms with Crippen LogP contribution in [0.25, 0.3) is 0 Å². The molecule has 14 heavy (non-hydrogen) atoms. The summed E-state index contributed by atoms with van der Waals surface area (Å²) in [4.78, 5) is 0. The molecular weight excluding hydrogens is 176 g/mol. The summed E-state index contributed by atoms with van der Waals surface area (Å²) < 4.78 is 10.6. The lowest BCUT2D eigenvalue weighted by molar-refractivity contribution is 0.394. The summed E-state index contributed by atoms with van der Waals surface area (Å²) in [7, 11) is 3.39. The van der Waals surface area contributed by atoms with Gasteiger partial charge in [-0.15, -0.1) is 0 Å². The first-order chi connectivity index (χ1) is 6.60. The van der Waals surface area contributed by atoms with Crippen LogP contribution >= 0.6 is 0 Å². The van der Waals surface area contributed by atoms with E-state index in [1.165, 1.54) is 5.56 Å².